The van der Waals surface area contributed by atoms with E-state index in [2.05, 4.69) is 27.8 Å². The molecule has 1 aromatic heterocycles. The van der Waals surface area contributed by atoms with Crippen LogP contribution in [0.2, 0.25) is 0 Å². The first-order valence-corrected chi connectivity index (χ1v) is 8.71. The molecule has 1 aliphatic rings. The number of imidazole rings is 1. The topological polar surface area (TPSA) is 59.4 Å². The SMILES string of the molecule is CCn1c(N2CCCC(C(=O)NCCOC)C2)nc2ccccc21. The Balaban J connectivity index is 1.76. The summed E-state index contributed by atoms with van der Waals surface area (Å²) in [7, 11) is 1.64. The molecule has 1 saturated heterocycles. The summed E-state index contributed by atoms with van der Waals surface area (Å²) in [5.41, 5.74) is 2.17. The number of fused-ring (bicyclic) bond motifs is 1. The summed E-state index contributed by atoms with van der Waals surface area (Å²) in [6.07, 6.45) is 1.94. The van der Waals surface area contributed by atoms with Gasteiger partial charge in [0.2, 0.25) is 11.9 Å². The van der Waals surface area contributed by atoms with Crippen molar-refractivity contribution >= 4 is 22.9 Å². The average Bonchev–Trinajstić information content (AvgIpc) is 3.00. The minimum atomic E-state index is 0.0146. The van der Waals surface area contributed by atoms with Gasteiger partial charge in [-0.3, -0.25) is 4.79 Å². The van der Waals surface area contributed by atoms with Crippen LogP contribution in [-0.4, -0.2) is 48.8 Å². The molecule has 2 aromatic rings. The second-order valence-corrected chi connectivity index (χ2v) is 6.21. The fraction of sp³-hybridized carbons (Fsp3) is 0.556. The van der Waals surface area contributed by atoms with E-state index in [0.717, 1.165) is 49.5 Å². The highest BCUT2D eigenvalue weighted by Crippen LogP contribution is 2.26. The number of nitrogens with zero attached hydrogens (tertiary/aromatic N) is 3. The minimum absolute atomic E-state index is 0.0146. The highest BCUT2D eigenvalue weighted by atomic mass is 16.5. The number of aromatic nitrogens is 2. The lowest BCUT2D eigenvalue weighted by atomic mass is 9.97. The molecule has 0 saturated carbocycles. The fourth-order valence-electron chi connectivity index (χ4n) is 3.41. The van der Waals surface area contributed by atoms with E-state index in [9.17, 15) is 4.79 Å². The van der Waals surface area contributed by atoms with Gasteiger partial charge in [0.15, 0.2) is 0 Å². The summed E-state index contributed by atoms with van der Waals surface area (Å²) >= 11 is 0. The van der Waals surface area contributed by atoms with Crippen molar-refractivity contribution in [2.75, 3.05) is 38.3 Å². The molecule has 24 heavy (non-hydrogen) atoms. The molecular weight excluding hydrogens is 304 g/mol. The van der Waals surface area contributed by atoms with E-state index in [4.69, 9.17) is 9.72 Å². The summed E-state index contributed by atoms with van der Waals surface area (Å²) in [5.74, 6) is 1.12. The van der Waals surface area contributed by atoms with Crippen LogP contribution in [0.15, 0.2) is 24.3 Å². The van der Waals surface area contributed by atoms with Crippen LogP contribution in [0.3, 0.4) is 0 Å². The van der Waals surface area contributed by atoms with Crippen LogP contribution >= 0.6 is 0 Å². The number of hydrogen-bond donors (Lipinski definition) is 1. The Morgan fingerprint density at radius 1 is 1.42 bits per heavy atom. The lowest BCUT2D eigenvalue weighted by Crippen LogP contribution is -2.44. The zero-order chi connectivity index (χ0) is 16.9. The first-order valence-electron chi connectivity index (χ1n) is 8.71. The van der Waals surface area contributed by atoms with Crippen molar-refractivity contribution in [1.82, 2.24) is 14.9 Å². The first kappa shape index (κ1) is 16.8. The maximum atomic E-state index is 12.4. The predicted octanol–water partition coefficient (Wildman–Crippen LogP) is 2.04. The van der Waals surface area contributed by atoms with E-state index < -0.39 is 0 Å². The van der Waals surface area contributed by atoms with E-state index in [1.165, 1.54) is 0 Å². The van der Waals surface area contributed by atoms with E-state index in [0.29, 0.717) is 13.2 Å². The van der Waals surface area contributed by atoms with Crippen LogP contribution in [0.5, 0.6) is 0 Å². The highest BCUT2D eigenvalue weighted by Gasteiger charge is 2.28. The third-order valence-electron chi connectivity index (χ3n) is 4.63. The summed E-state index contributed by atoms with van der Waals surface area (Å²) < 4.78 is 7.23. The summed E-state index contributed by atoms with van der Waals surface area (Å²) in [6, 6.07) is 8.21. The van der Waals surface area contributed by atoms with Gasteiger partial charge in [-0.15, -0.1) is 0 Å². The summed E-state index contributed by atoms with van der Waals surface area (Å²) in [5, 5.41) is 2.96. The normalized spacial score (nSPS) is 18.1. The second kappa shape index (κ2) is 7.66. The number of carbonyl (C=O) groups excluding carboxylic acids is 1. The predicted molar refractivity (Wildman–Crippen MR) is 95.2 cm³/mol. The van der Waals surface area contributed by atoms with Crippen LogP contribution in [0.4, 0.5) is 5.95 Å². The van der Waals surface area contributed by atoms with Crippen molar-refractivity contribution in [3.8, 4) is 0 Å². The number of aryl methyl sites for hydroxylation is 1. The molecule has 0 radical (unpaired) electrons. The number of ether oxygens (including phenoxy) is 1. The van der Waals surface area contributed by atoms with Gasteiger partial charge in [0.05, 0.1) is 23.6 Å². The Kier molecular flexibility index (Phi) is 5.35. The summed E-state index contributed by atoms with van der Waals surface area (Å²) in [4.78, 5) is 19.4. The molecule has 1 N–H and O–H groups in total. The van der Waals surface area contributed by atoms with E-state index in [1.54, 1.807) is 7.11 Å². The van der Waals surface area contributed by atoms with E-state index in [-0.39, 0.29) is 11.8 Å². The van der Waals surface area contributed by atoms with Gasteiger partial charge in [0, 0.05) is 33.3 Å². The molecule has 3 rings (SSSR count). The number of rotatable bonds is 6. The van der Waals surface area contributed by atoms with Gasteiger partial charge in [-0.1, -0.05) is 12.1 Å². The standard InChI is InChI=1S/C18H26N4O2/c1-3-22-16-9-5-4-8-15(16)20-18(22)21-11-6-7-14(13-21)17(23)19-10-12-24-2/h4-5,8-9,14H,3,6-7,10-13H2,1-2H3,(H,19,23). The zero-order valence-corrected chi connectivity index (χ0v) is 14.5. The Hall–Kier alpha value is -2.08. The molecule has 6 heteroatoms. The van der Waals surface area contributed by atoms with Gasteiger partial charge < -0.3 is 19.5 Å². The zero-order valence-electron chi connectivity index (χ0n) is 14.5. The third-order valence-corrected chi connectivity index (χ3v) is 4.63. The smallest absolute Gasteiger partial charge is 0.224 e. The fourth-order valence-corrected chi connectivity index (χ4v) is 3.41. The number of piperidine rings is 1. The van der Waals surface area contributed by atoms with Crippen molar-refractivity contribution in [1.29, 1.82) is 0 Å². The molecule has 2 heterocycles. The molecule has 0 aliphatic carbocycles. The summed E-state index contributed by atoms with van der Waals surface area (Å²) in [6.45, 7) is 5.80. The van der Waals surface area contributed by atoms with Crippen LogP contribution < -0.4 is 10.2 Å². The third kappa shape index (κ3) is 3.38. The number of methoxy groups -OCH3 is 1. The van der Waals surface area contributed by atoms with E-state index in [1.807, 2.05) is 18.2 Å². The molecule has 1 aromatic carbocycles. The van der Waals surface area contributed by atoms with Gasteiger partial charge in [-0.05, 0) is 31.9 Å². The van der Waals surface area contributed by atoms with Crippen molar-refractivity contribution in [2.45, 2.75) is 26.3 Å². The quantitative estimate of drug-likeness (QED) is 0.824. The minimum Gasteiger partial charge on any atom is -0.383 e. The van der Waals surface area contributed by atoms with Crippen LogP contribution in [0.1, 0.15) is 19.8 Å². The Morgan fingerprint density at radius 2 is 2.25 bits per heavy atom. The van der Waals surface area contributed by atoms with Crippen LogP contribution in [-0.2, 0) is 16.1 Å². The molecule has 6 nitrogen and oxygen atoms in total. The number of carbonyl (C=O) groups is 1. The van der Waals surface area contributed by atoms with Crippen molar-refractivity contribution in [3.63, 3.8) is 0 Å². The lowest BCUT2D eigenvalue weighted by Gasteiger charge is -2.33. The maximum absolute atomic E-state index is 12.4. The van der Waals surface area contributed by atoms with Gasteiger partial charge in [0.25, 0.3) is 0 Å². The number of anilines is 1. The number of benzene rings is 1. The molecular formula is C18H26N4O2. The van der Waals surface area contributed by atoms with Crippen molar-refractivity contribution < 1.29 is 9.53 Å². The first-order chi connectivity index (χ1) is 11.7. The largest absolute Gasteiger partial charge is 0.383 e. The molecule has 1 aliphatic heterocycles. The molecule has 1 fully saturated rings. The Morgan fingerprint density at radius 3 is 3.04 bits per heavy atom. The van der Waals surface area contributed by atoms with Crippen LogP contribution in [0, 0.1) is 5.92 Å². The Bertz CT molecular complexity index is 697. The molecule has 1 atom stereocenters. The molecule has 130 valence electrons. The Labute approximate surface area is 142 Å². The average molecular weight is 330 g/mol. The molecule has 0 bridgehead atoms. The molecule has 0 spiro atoms. The number of amides is 1. The second-order valence-electron chi connectivity index (χ2n) is 6.21. The van der Waals surface area contributed by atoms with E-state index >= 15 is 0 Å². The monoisotopic (exact) mass is 330 g/mol. The van der Waals surface area contributed by atoms with Gasteiger partial charge in [-0.25, -0.2) is 4.98 Å². The van der Waals surface area contributed by atoms with Gasteiger partial charge >= 0.3 is 0 Å². The molecule has 1 amide bonds. The molecule has 1 unspecified atom stereocenters. The maximum Gasteiger partial charge on any atom is 0.224 e. The number of nitrogens with one attached hydrogen (secondary N) is 1. The lowest BCUT2D eigenvalue weighted by molar-refractivity contribution is -0.125. The number of para-hydroxylation sites is 2. The van der Waals surface area contributed by atoms with Gasteiger partial charge in [0.1, 0.15) is 0 Å². The number of hydrogen-bond acceptors (Lipinski definition) is 4. The van der Waals surface area contributed by atoms with Gasteiger partial charge in [-0.2, -0.15) is 0 Å². The van der Waals surface area contributed by atoms with Crippen LogP contribution in [0.25, 0.3) is 11.0 Å². The van der Waals surface area contributed by atoms with Crippen molar-refractivity contribution in [3.05, 3.63) is 24.3 Å². The highest BCUT2D eigenvalue weighted by molar-refractivity contribution is 5.81. The van der Waals surface area contributed by atoms with Crippen molar-refractivity contribution in [2.24, 2.45) is 5.92 Å².